The minimum absolute atomic E-state index is 0.0666. The van der Waals surface area contributed by atoms with E-state index in [0.29, 0.717) is 0 Å². The van der Waals surface area contributed by atoms with Gasteiger partial charge in [-0.1, -0.05) is 103 Å². The molecular weight excluding hydrogens is 423 g/mol. The van der Waals surface area contributed by atoms with E-state index < -0.39 is 10.1 Å². The van der Waals surface area contributed by atoms with Crippen molar-refractivity contribution in [1.82, 2.24) is 0 Å². The van der Waals surface area contributed by atoms with Crippen molar-refractivity contribution in [3.8, 4) is 11.1 Å². The summed E-state index contributed by atoms with van der Waals surface area (Å²) in [5.41, 5.74) is 3.52. The summed E-state index contributed by atoms with van der Waals surface area (Å²) in [5, 5.41) is 2.85. The lowest BCUT2D eigenvalue weighted by atomic mass is 10.1. The number of benzene rings is 4. The van der Waals surface area contributed by atoms with E-state index in [4.69, 9.17) is 4.55 Å². The number of hydrogen-bond acceptors (Lipinski definition) is 2. The number of aryl methyl sites for hydroxylation is 1. The summed E-state index contributed by atoms with van der Waals surface area (Å²) < 4.78 is 29.6. The van der Waals surface area contributed by atoms with Crippen LogP contribution in [0.1, 0.15) is 5.56 Å². The Morgan fingerprint density at radius 3 is 1.58 bits per heavy atom. The Kier molecular flexibility index (Phi) is 7.75. The van der Waals surface area contributed by atoms with E-state index in [1.54, 1.807) is 12.1 Å². The highest BCUT2D eigenvalue weighted by Crippen LogP contribution is 2.29. The SMILES string of the molecule is CP(c1ccccc1)c1ccc(-c2ccccc2)cc1.Cc1ccc(S(=O)(=O)O)cc1. The fraction of sp³-hybridized carbons (Fsp3) is 0.0769. The van der Waals surface area contributed by atoms with Gasteiger partial charge in [0.1, 0.15) is 0 Å². The molecule has 0 aliphatic carbocycles. The number of rotatable bonds is 4. The van der Waals surface area contributed by atoms with E-state index >= 15 is 0 Å². The molecule has 1 N–H and O–H groups in total. The van der Waals surface area contributed by atoms with Gasteiger partial charge in [-0.25, -0.2) is 0 Å². The van der Waals surface area contributed by atoms with Crippen LogP contribution in [0.15, 0.2) is 114 Å². The summed E-state index contributed by atoms with van der Waals surface area (Å²) in [6, 6.07) is 36.3. The first-order chi connectivity index (χ1) is 14.8. The topological polar surface area (TPSA) is 54.4 Å². The molecule has 31 heavy (non-hydrogen) atoms. The zero-order chi connectivity index (χ0) is 22.3. The molecular formula is C26H25O3PS. The Hall–Kier alpha value is -2.78. The van der Waals surface area contributed by atoms with Crippen LogP contribution in [-0.4, -0.2) is 19.6 Å². The van der Waals surface area contributed by atoms with E-state index in [2.05, 4.69) is 91.6 Å². The van der Waals surface area contributed by atoms with Crippen LogP contribution < -0.4 is 10.6 Å². The van der Waals surface area contributed by atoms with Crippen molar-refractivity contribution in [2.24, 2.45) is 0 Å². The second-order valence-electron chi connectivity index (χ2n) is 7.10. The van der Waals surface area contributed by atoms with Crippen LogP contribution in [0.2, 0.25) is 0 Å². The fourth-order valence-corrected chi connectivity index (χ4v) is 5.01. The van der Waals surface area contributed by atoms with Crippen LogP contribution in [0.5, 0.6) is 0 Å². The van der Waals surface area contributed by atoms with Gasteiger partial charge in [-0.15, -0.1) is 0 Å². The maximum absolute atomic E-state index is 10.5. The Bertz CT molecular complexity index is 1190. The molecule has 5 heteroatoms. The standard InChI is InChI=1S/C19H17P.C7H8O3S/c1-20(18-10-6-3-7-11-18)19-14-12-17(13-15-19)16-8-4-2-5-9-16;1-6-2-4-7(5-3-6)11(8,9)10/h2-15H,1H3;2-5H,1H3,(H,8,9,10). The first-order valence-corrected chi connectivity index (χ1v) is 13.1. The zero-order valence-corrected chi connectivity index (χ0v) is 19.2. The molecule has 4 rings (SSSR count). The van der Waals surface area contributed by atoms with Crippen molar-refractivity contribution in [3.63, 3.8) is 0 Å². The largest absolute Gasteiger partial charge is 0.294 e. The first kappa shape index (κ1) is 22.9. The molecule has 1 unspecified atom stereocenters. The molecule has 0 amide bonds. The van der Waals surface area contributed by atoms with Crippen molar-refractivity contribution in [2.75, 3.05) is 6.66 Å². The summed E-state index contributed by atoms with van der Waals surface area (Å²) in [7, 11) is -4.27. The fourth-order valence-electron chi connectivity index (χ4n) is 3.02. The molecule has 0 aliphatic rings. The highest BCUT2D eigenvalue weighted by Gasteiger charge is 2.08. The van der Waals surface area contributed by atoms with Crippen LogP contribution >= 0.6 is 7.92 Å². The van der Waals surface area contributed by atoms with E-state index in [1.165, 1.54) is 33.9 Å². The van der Waals surface area contributed by atoms with Gasteiger partial charge in [0, 0.05) is 0 Å². The molecule has 4 aromatic carbocycles. The van der Waals surface area contributed by atoms with Crippen molar-refractivity contribution in [1.29, 1.82) is 0 Å². The van der Waals surface area contributed by atoms with Gasteiger partial charge in [0.15, 0.2) is 0 Å². The molecule has 158 valence electrons. The molecule has 0 aliphatic heterocycles. The van der Waals surface area contributed by atoms with E-state index in [0.717, 1.165) is 5.56 Å². The van der Waals surface area contributed by atoms with Crippen molar-refractivity contribution in [2.45, 2.75) is 11.8 Å². The molecule has 0 bridgehead atoms. The second kappa shape index (κ2) is 10.5. The Labute approximate surface area is 185 Å². The van der Waals surface area contributed by atoms with Gasteiger partial charge in [0.2, 0.25) is 0 Å². The third kappa shape index (κ3) is 6.60. The molecule has 0 fully saturated rings. The predicted molar refractivity (Wildman–Crippen MR) is 131 cm³/mol. The molecule has 0 spiro atoms. The van der Waals surface area contributed by atoms with Crippen molar-refractivity contribution in [3.05, 3.63) is 115 Å². The van der Waals surface area contributed by atoms with Gasteiger partial charge in [-0.2, -0.15) is 8.42 Å². The molecule has 0 radical (unpaired) electrons. The second-order valence-corrected chi connectivity index (χ2v) is 10.7. The Morgan fingerprint density at radius 2 is 1.06 bits per heavy atom. The molecule has 0 aromatic heterocycles. The Morgan fingerprint density at radius 1 is 0.613 bits per heavy atom. The lowest BCUT2D eigenvalue weighted by Crippen LogP contribution is -2.09. The monoisotopic (exact) mass is 448 g/mol. The van der Waals surface area contributed by atoms with Crippen LogP contribution in [0, 0.1) is 6.92 Å². The highest BCUT2D eigenvalue weighted by atomic mass is 32.2. The van der Waals surface area contributed by atoms with Gasteiger partial charge in [0.05, 0.1) is 4.90 Å². The molecule has 0 saturated carbocycles. The van der Waals surface area contributed by atoms with E-state index in [9.17, 15) is 8.42 Å². The van der Waals surface area contributed by atoms with Crippen LogP contribution in [0.4, 0.5) is 0 Å². The maximum Gasteiger partial charge on any atom is 0.294 e. The zero-order valence-electron chi connectivity index (χ0n) is 17.5. The first-order valence-electron chi connectivity index (χ1n) is 9.83. The van der Waals surface area contributed by atoms with Gasteiger partial charge < -0.3 is 0 Å². The van der Waals surface area contributed by atoms with Crippen LogP contribution in [0.3, 0.4) is 0 Å². The average molecular weight is 449 g/mol. The maximum atomic E-state index is 10.5. The summed E-state index contributed by atoms with van der Waals surface area (Å²) in [4.78, 5) is -0.0666. The lowest BCUT2D eigenvalue weighted by Gasteiger charge is -2.13. The minimum atomic E-state index is -4.02. The van der Waals surface area contributed by atoms with Gasteiger partial charge in [-0.05, 0) is 55.4 Å². The summed E-state index contributed by atoms with van der Waals surface area (Å²) in [5.74, 6) is 0. The molecule has 1 atom stereocenters. The smallest absolute Gasteiger partial charge is 0.282 e. The lowest BCUT2D eigenvalue weighted by molar-refractivity contribution is 0.483. The third-order valence-electron chi connectivity index (χ3n) is 4.82. The van der Waals surface area contributed by atoms with E-state index in [1.807, 2.05) is 6.92 Å². The quantitative estimate of drug-likeness (QED) is 0.324. The average Bonchev–Trinajstić information content (AvgIpc) is 2.80. The number of hydrogen-bond donors (Lipinski definition) is 1. The van der Waals surface area contributed by atoms with Crippen LogP contribution in [-0.2, 0) is 10.1 Å². The normalized spacial score (nSPS) is 11.8. The van der Waals surface area contributed by atoms with Gasteiger partial charge >= 0.3 is 0 Å². The summed E-state index contributed by atoms with van der Waals surface area (Å²) >= 11 is 0. The predicted octanol–water partition coefficient (Wildman–Crippen LogP) is 5.66. The van der Waals surface area contributed by atoms with Gasteiger partial charge in [-0.3, -0.25) is 4.55 Å². The molecule has 0 heterocycles. The minimum Gasteiger partial charge on any atom is -0.282 e. The van der Waals surface area contributed by atoms with Crippen LogP contribution in [0.25, 0.3) is 11.1 Å². The summed E-state index contributed by atoms with van der Waals surface area (Å²) in [6.07, 6.45) is 0. The summed E-state index contributed by atoms with van der Waals surface area (Å²) in [6.45, 7) is 4.16. The van der Waals surface area contributed by atoms with Gasteiger partial charge in [0.25, 0.3) is 10.1 Å². The molecule has 4 aromatic rings. The Balaban J connectivity index is 0.000000210. The molecule has 0 saturated heterocycles. The molecule has 3 nitrogen and oxygen atoms in total. The van der Waals surface area contributed by atoms with Crippen molar-refractivity contribution >= 4 is 28.6 Å². The van der Waals surface area contributed by atoms with Crippen molar-refractivity contribution < 1.29 is 13.0 Å². The van der Waals surface area contributed by atoms with E-state index in [-0.39, 0.29) is 12.8 Å². The highest BCUT2D eigenvalue weighted by molar-refractivity contribution is 7.85. The third-order valence-corrected chi connectivity index (χ3v) is 7.84.